The molecular formula is C20H24FN5O5S. The van der Waals surface area contributed by atoms with Gasteiger partial charge in [0.1, 0.15) is 12.4 Å². The topological polar surface area (TPSA) is 115 Å². The highest BCUT2D eigenvalue weighted by atomic mass is 32.2. The number of benzene rings is 1. The van der Waals surface area contributed by atoms with Crippen molar-refractivity contribution in [1.29, 1.82) is 0 Å². The molecular weight excluding hydrogens is 441 g/mol. The molecule has 3 heterocycles. The van der Waals surface area contributed by atoms with Gasteiger partial charge in [-0.1, -0.05) is 0 Å². The van der Waals surface area contributed by atoms with Crippen molar-refractivity contribution in [2.45, 2.75) is 43.5 Å². The predicted molar refractivity (Wildman–Crippen MR) is 113 cm³/mol. The Hall–Kier alpha value is -2.83. The fourth-order valence-electron chi connectivity index (χ4n) is 3.55. The largest absolute Gasteiger partial charge is 0.474 e. The minimum atomic E-state index is -3.52. The summed E-state index contributed by atoms with van der Waals surface area (Å²) in [4.78, 5) is 19.7. The maximum Gasteiger partial charge on any atom is 0.229 e. The third kappa shape index (κ3) is 4.66. The van der Waals surface area contributed by atoms with Gasteiger partial charge < -0.3 is 14.3 Å². The Balaban J connectivity index is 1.43. The van der Waals surface area contributed by atoms with Crippen molar-refractivity contribution >= 4 is 16.2 Å². The summed E-state index contributed by atoms with van der Waals surface area (Å²) in [5.74, 6) is -1.03. The number of aromatic nitrogens is 2. The molecule has 0 amide bonds. The van der Waals surface area contributed by atoms with E-state index in [-0.39, 0.29) is 22.6 Å². The van der Waals surface area contributed by atoms with E-state index in [1.807, 2.05) is 6.92 Å². The third-order valence-corrected chi connectivity index (χ3v) is 6.59. The molecule has 1 fully saturated rings. The number of rotatable bonds is 6. The smallest absolute Gasteiger partial charge is 0.229 e. The van der Waals surface area contributed by atoms with Gasteiger partial charge in [-0.25, -0.2) is 27.8 Å². The summed E-state index contributed by atoms with van der Waals surface area (Å²) in [7, 11) is -3.52. The van der Waals surface area contributed by atoms with Crippen molar-refractivity contribution < 1.29 is 27.1 Å². The standard InChI is InChI=1S/C20H24FN5O5S/c1-13-18(30-14-6-8-26(9-7-14)20(2)24-12-29-25-20)22-11-23-19(13)31-17-5-4-15(10-16(17)21)32(3,27)28/h4-5,10-12,14,25H,6-9H2,1-3H3. The number of nitrogens with zero attached hydrogens (tertiary/aromatic N) is 4. The van der Waals surface area contributed by atoms with Gasteiger partial charge in [0.2, 0.25) is 11.8 Å². The van der Waals surface area contributed by atoms with Crippen LogP contribution in [0.2, 0.25) is 0 Å². The maximum atomic E-state index is 14.4. The summed E-state index contributed by atoms with van der Waals surface area (Å²) in [6.45, 7) is 5.16. The van der Waals surface area contributed by atoms with Crippen molar-refractivity contribution in [1.82, 2.24) is 20.3 Å². The van der Waals surface area contributed by atoms with Crippen molar-refractivity contribution in [2.24, 2.45) is 4.99 Å². The molecule has 1 aromatic heterocycles. The predicted octanol–water partition coefficient (Wildman–Crippen LogP) is 2.20. The van der Waals surface area contributed by atoms with Crippen LogP contribution in [0, 0.1) is 12.7 Å². The lowest BCUT2D eigenvalue weighted by atomic mass is 10.1. The highest BCUT2D eigenvalue weighted by Crippen LogP contribution is 2.32. The van der Waals surface area contributed by atoms with Crippen LogP contribution in [0.3, 0.4) is 0 Å². The Labute approximate surface area is 185 Å². The SMILES string of the molecule is Cc1c(Oc2ccc(S(C)(=O)=O)cc2F)ncnc1OC1CCN(C2(C)N=CON2)CC1. The van der Waals surface area contributed by atoms with Gasteiger partial charge in [0.15, 0.2) is 33.6 Å². The first-order chi connectivity index (χ1) is 15.2. The van der Waals surface area contributed by atoms with E-state index in [2.05, 4.69) is 25.3 Å². The van der Waals surface area contributed by atoms with Gasteiger partial charge in [-0.05, 0) is 44.9 Å². The van der Waals surface area contributed by atoms with E-state index in [0.29, 0.717) is 11.4 Å². The van der Waals surface area contributed by atoms with E-state index in [1.54, 1.807) is 6.92 Å². The number of hydroxylamine groups is 1. The Morgan fingerprint density at radius 2 is 1.97 bits per heavy atom. The summed E-state index contributed by atoms with van der Waals surface area (Å²) in [5.41, 5.74) is 3.40. The van der Waals surface area contributed by atoms with E-state index < -0.39 is 21.4 Å². The minimum Gasteiger partial charge on any atom is -0.474 e. The zero-order chi connectivity index (χ0) is 22.9. The van der Waals surface area contributed by atoms with Gasteiger partial charge >= 0.3 is 0 Å². The number of hydrogen-bond acceptors (Lipinski definition) is 10. The fraction of sp³-hybridized carbons (Fsp3) is 0.450. The average molecular weight is 466 g/mol. The second-order valence-electron chi connectivity index (χ2n) is 7.85. The van der Waals surface area contributed by atoms with Crippen LogP contribution in [0.15, 0.2) is 34.4 Å². The van der Waals surface area contributed by atoms with Gasteiger partial charge in [-0.15, -0.1) is 5.48 Å². The Kier molecular flexibility index (Phi) is 6.01. The first-order valence-electron chi connectivity index (χ1n) is 10.0. The normalized spacial score (nSPS) is 22.0. The number of ether oxygens (including phenoxy) is 2. The molecule has 1 unspecified atom stereocenters. The van der Waals surface area contributed by atoms with E-state index in [1.165, 1.54) is 24.9 Å². The first kappa shape index (κ1) is 22.4. The minimum absolute atomic E-state index is 0.0617. The van der Waals surface area contributed by atoms with Crippen LogP contribution in [-0.4, -0.2) is 60.9 Å². The van der Waals surface area contributed by atoms with Gasteiger partial charge in [-0.3, -0.25) is 4.90 Å². The number of nitrogens with one attached hydrogen (secondary N) is 1. The van der Waals surface area contributed by atoms with E-state index in [4.69, 9.17) is 14.3 Å². The lowest BCUT2D eigenvalue weighted by molar-refractivity contribution is -0.0261. The molecule has 0 spiro atoms. The lowest BCUT2D eigenvalue weighted by Gasteiger charge is -2.39. The molecule has 0 saturated carbocycles. The molecule has 172 valence electrons. The number of halogens is 1. The molecule has 2 aliphatic rings. The van der Waals surface area contributed by atoms with Crippen molar-refractivity contribution in [3.05, 3.63) is 35.9 Å². The van der Waals surface area contributed by atoms with Crippen molar-refractivity contribution in [3.8, 4) is 17.5 Å². The lowest BCUT2D eigenvalue weighted by Crippen LogP contribution is -2.56. The molecule has 1 aromatic carbocycles. The molecule has 1 saturated heterocycles. The van der Waals surface area contributed by atoms with E-state index >= 15 is 0 Å². The molecule has 0 radical (unpaired) electrons. The molecule has 1 N–H and O–H groups in total. The molecule has 4 rings (SSSR count). The van der Waals surface area contributed by atoms with Gasteiger partial charge in [0, 0.05) is 19.3 Å². The van der Waals surface area contributed by atoms with Crippen molar-refractivity contribution in [3.63, 3.8) is 0 Å². The Morgan fingerprint density at radius 1 is 1.25 bits per heavy atom. The van der Waals surface area contributed by atoms with Crippen LogP contribution in [0.4, 0.5) is 4.39 Å². The van der Waals surface area contributed by atoms with Crippen LogP contribution < -0.4 is 15.0 Å². The maximum absolute atomic E-state index is 14.4. The summed E-state index contributed by atoms with van der Waals surface area (Å²) < 4.78 is 49.2. The van der Waals surface area contributed by atoms with Crippen LogP contribution in [0.5, 0.6) is 17.5 Å². The number of piperidine rings is 1. The molecule has 0 bridgehead atoms. The van der Waals surface area contributed by atoms with Gasteiger partial charge in [0.05, 0.1) is 10.5 Å². The third-order valence-electron chi connectivity index (χ3n) is 5.47. The summed E-state index contributed by atoms with van der Waals surface area (Å²) >= 11 is 0. The molecule has 32 heavy (non-hydrogen) atoms. The zero-order valence-corrected chi connectivity index (χ0v) is 18.7. The van der Waals surface area contributed by atoms with Crippen molar-refractivity contribution in [2.75, 3.05) is 19.3 Å². The van der Waals surface area contributed by atoms with E-state index in [0.717, 1.165) is 38.3 Å². The molecule has 10 nitrogen and oxygen atoms in total. The number of aliphatic imine (C=N–C) groups is 1. The summed E-state index contributed by atoms with van der Waals surface area (Å²) in [6.07, 6.45) is 5.14. The highest BCUT2D eigenvalue weighted by Gasteiger charge is 2.37. The summed E-state index contributed by atoms with van der Waals surface area (Å²) in [6, 6.07) is 3.46. The number of sulfone groups is 1. The van der Waals surface area contributed by atoms with Gasteiger partial charge in [-0.2, -0.15) is 0 Å². The molecule has 0 aliphatic carbocycles. The van der Waals surface area contributed by atoms with Gasteiger partial charge in [0.25, 0.3) is 0 Å². The summed E-state index contributed by atoms with van der Waals surface area (Å²) in [5, 5.41) is 0. The zero-order valence-electron chi connectivity index (χ0n) is 17.9. The average Bonchev–Trinajstić information content (AvgIpc) is 3.20. The van der Waals surface area contributed by atoms with Crippen LogP contribution in [0.25, 0.3) is 0 Å². The fourth-order valence-corrected chi connectivity index (χ4v) is 4.18. The van der Waals surface area contributed by atoms with E-state index in [9.17, 15) is 12.8 Å². The number of hydrogen-bond donors (Lipinski definition) is 1. The number of likely N-dealkylation sites (tertiary alicyclic amines) is 1. The molecule has 12 heteroatoms. The molecule has 1 atom stereocenters. The second kappa shape index (κ2) is 8.60. The quantitative estimate of drug-likeness (QED) is 0.685. The van der Waals surface area contributed by atoms with Crippen LogP contribution in [-0.2, 0) is 14.7 Å². The molecule has 2 aliphatic heterocycles. The monoisotopic (exact) mass is 465 g/mol. The second-order valence-corrected chi connectivity index (χ2v) is 9.87. The van der Waals surface area contributed by atoms with Crippen LogP contribution >= 0.6 is 0 Å². The highest BCUT2D eigenvalue weighted by molar-refractivity contribution is 7.90. The first-order valence-corrected chi connectivity index (χ1v) is 11.9. The van der Waals surface area contributed by atoms with Crippen LogP contribution in [0.1, 0.15) is 25.3 Å². The molecule has 2 aromatic rings. The Morgan fingerprint density at radius 3 is 2.59 bits per heavy atom. The Bertz CT molecular complexity index is 1140.